The Morgan fingerprint density at radius 2 is 2.00 bits per heavy atom. The zero-order valence-corrected chi connectivity index (χ0v) is 18.7. The van der Waals surface area contributed by atoms with Gasteiger partial charge in [0.1, 0.15) is 11.6 Å². The number of primary amides is 1. The monoisotopic (exact) mass is 466 g/mol. The van der Waals surface area contributed by atoms with E-state index in [0.717, 1.165) is 37.7 Å². The smallest absolute Gasteiger partial charge is 0.405 e. The van der Waals surface area contributed by atoms with Crippen molar-refractivity contribution in [1.82, 2.24) is 25.2 Å². The van der Waals surface area contributed by atoms with Gasteiger partial charge >= 0.3 is 6.09 Å². The van der Waals surface area contributed by atoms with Gasteiger partial charge in [0.15, 0.2) is 0 Å². The van der Waals surface area contributed by atoms with Gasteiger partial charge in [0, 0.05) is 30.5 Å². The molecule has 3 N–H and O–H groups in total. The third-order valence-corrected chi connectivity index (χ3v) is 6.93. The zero-order chi connectivity index (χ0) is 23.9. The first kappa shape index (κ1) is 22.1. The van der Waals surface area contributed by atoms with Gasteiger partial charge in [-0.05, 0) is 44.2 Å². The van der Waals surface area contributed by atoms with E-state index in [9.17, 15) is 19.2 Å². The van der Waals surface area contributed by atoms with E-state index >= 15 is 0 Å². The minimum atomic E-state index is -0.790. The fraction of sp³-hybridized carbons (Fsp3) is 0.478. The topological polar surface area (TPSA) is 150 Å². The molecule has 3 aliphatic rings. The van der Waals surface area contributed by atoms with Gasteiger partial charge in [-0.15, -0.1) is 5.10 Å². The van der Waals surface area contributed by atoms with Crippen LogP contribution in [0, 0.1) is 0 Å². The Hall–Kier alpha value is -3.76. The average Bonchev–Trinajstić information content (AvgIpc) is 3.38. The second kappa shape index (κ2) is 8.54. The Bertz CT molecular complexity index is 1170. The predicted molar refractivity (Wildman–Crippen MR) is 118 cm³/mol. The van der Waals surface area contributed by atoms with E-state index in [2.05, 4.69) is 15.6 Å². The summed E-state index contributed by atoms with van der Waals surface area (Å²) in [5.41, 5.74) is 7.25. The van der Waals surface area contributed by atoms with Gasteiger partial charge in [-0.25, -0.2) is 9.48 Å². The van der Waals surface area contributed by atoms with Crippen molar-refractivity contribution >= 4 is 23.8 Å². The molecule has 1 aromatic heterocycles. The van der Waals surface area contributed by atoms with Crippen LogP contribution in [0.1, 0.15) is 66.6 Å². The van der Waals surface area contributed by atoms with Crippen LogP contribution in [0.15, 0.2) is 24.4 Å². The number of piperidine rings is 1. The highest BCUT2D eigenvalue weighted by Crippen LogP contribution is 2.35. The van der Waals surface area contributed by atoms with Crippen LogP contribution in [0.2, 0.25) is 0 Å². The Balaban J connectivity index is 1.39. The highest BCUT2D eigenvalue weighted by Gasteiger charge is 2.40. The van der Waals surface area contributed by atoms with Crippen LogP contribution in [0.4, 0.5) is 4.79 Å². The van der Waals surface area contributed by atoms with Crippen molar-refractivity contribution in [3.05, 3.63) is 41.2 Å². The minimum Gasteiger partial charge on any atom is -0.443 e. The molecule has 1 saturated carbocycles. The van der Waals surface area contributed by atoms with Crippen LogP contribution >= 0.6 is 0 Å². The Labute approximate surface area is 195 Å². The molecule has 2 fully saturated rings. The van der Waals surface area contributed by atoms with E-state index < -0.39 is 23.6 Å². The molecule has 178 valence electrons. The summed E-state index contributed by atoms with van der Waals surface area (Å²) < 4.78 is 7.14. The molecule has 4 amide bonds. The maximum absolute atomic E-state index is 13.1. The van der Waals surface area contributed by atoms with Gasteiger partial charge in [-0.1, -0.05) is 17.7 Å². The average molecular weight is 466 g/mol. The number of amides is 4. The largest absolute Gasteiger partial charge is 0.443 e. The van der Waals surface area contributed by atoms with Gasteiger partial charge in [0.2, 0.25) is 11.8 Å². The Morgan fingerprint density at radius 1 is 1.21 bits per heavy atom. The molecule has 1 aromatic carbocycles. The number of fused-ring (bicyclic) bond motifs is 1. The maximum atomic E-state index is 13.1. The predicted octanol–water partition coefficient (Wildman–Crippen LogP) is 1.37. The van der Waals surface area contributed by atoms with Crippen molar-refractivity contribution < 1.29 is 23.9 Å². The fourth-order valence-electron chi connectivity index (χ4n) is 5.34. The van der Waals surface area contributed by atoms with E-state index in [4.69, 9.17) is 10.5 Å². The lowest BCUT2D eigenvalue weighted by Gasteiger charge is -2.35. The third-order valence-electron chi connectivity index (χ3n) is 6.93. The number of hydrogen-bond donors (Lipinski definition) is 2. The van der Waals surface area contributed by atoms with Gasteiger partial charge < -0.3 is 15.4 Å². The van der Waals surface area contributed by atoms with E-state index in [1.807, 2.05) is 6.07 Å². The Kier molecular flexibility index (Phi) is 5.54. The number of nitrogens with zero attached hydrogens (tertiary/aromatic N) is 4. The lowest BCUT2D eigenvalue weighted by atomic mass is 9.81. The minimum absolute atomic E-state index is 0.199. The molecule has 0 radical (unpaired) electrons. The van der Waals surface area contributed by atoms with Crippen molar-refractivity contribution in [2.75, 3.05) is 0 Å². The van der Waals surface area contributed by atoms with Crippen LogP contribution in [0.25, 0.3) is 5.69 Å². The van der Waals surface area contributed by atoms with Crippen molar-refractivity contribution in [3.63, 3.8) is 0 Å². The van der Waals surface area contributed by atoms with Crippen molar-refractivity contribution in [2.24, 2.45) is 5.73 Å². The molecular formula is C23H26N6O5. The summed E-state index contributed by atoms with van der Waals surface area (Å²) in [5, 5.41) is 10.9. The molecule has 0 bridgehead atoms. The second-order valence-corrected chi connectivity index (χ2v) is 9.20. The summed E-state index contributed by atoms with van der Waals surface area (Å²) in [4.78, 5) is 50.0. The number of hydrogen-bond acceptors (Lipinski definition) is 7. The number of aromatic nitrogens is 3. The highest BCUT2D eigenvalue weighted by atomic mass is 16.6. The first-order valence-electron chi connectivity index (χ1n) is 11.5. The number of carbonyl (C=O) groups excluding carboxylic acids is 4. The van der Waals surface area contributed by atoms with Gasteiger partial charge in [-0.2, -0.15) is 0 Å². The number of nitrogens with two attached hydrogens (primary N) is 1. The molecule has 5 rings (SSSR count). The SMILES string of the molecule is NC(=O)OC1(Cc2cn(-c3cccc4c3CN(C3CCC(=O)NC3=O)C4=O)nn2)CCCCC1. The number of rotatable bonds is 5. The number of imide groups is 1. The summed E-state index contributed by atoms with van der Waals surface area (Å²) in [6.07, 6.45) is 6.32. The number of carbonyl (C=O) groups is 4. The molecule has 3 heterocycles. The van der Waals surface area contributed by atoms with Gasteiger partial charge in [-0.3, -0.25) is 19.7 Å². The lowest BCUT2D eigenvalue weighted by Crippen LogP contribution is -2.52. The fourth-order valence-corrected chi connectivity index (χ4v) is 5.34. The van der Waals surface area contributed by atoms with Gasteiger partial charge in [0.05, 0.1) is 17.6 Å². The van der Waals surface area contributed by atoms with E-state index in [1.165, 1.54) is 4.90 Å². The van der Waals surface area contributed by atoms with Gasteiger partial charge in [0.25, 0.3) is 5.91 Å². The second-order valence-electron chi connectivity index (χ2n) is 9.20. The zero-order valence-electron chi connectivity index (χ0n) is 18.7. The normalized spacial score (nSPS) is 21.8. The van der Waals surface area contributed by atoms with Crippen LogP contribution in [0.3, 0.4) is 0 Å². The maximum Gasteiger partial charge on any atom is 0.405 e. The first-order chi connectivity index (χ1) is 16.3. The van der Waals surface area contributed by atoms with Crippen LogP contribution < -0.4 is 11.1 Å². The molecule has 1 unspecified atom stereocenters. The van der Waals surface area contributed by atoms with Crippen molar-refractivity contribution in [3.8, 4) is 5.69 Å². The molecule has 2 aliphatic heterocycles. The molecule has 2 aromatic rings. The first-order valence-corrected chi connectivity index (χ1v) is 11.5. The van der Waals surface area contributed by atoms with E-state index in [1.54, 1.807) is 23.0 Å². The van der Waals surface area contributed by atoms with Crippen LogP contribution in [0.5, 0.6) is 0 Å². The molecule has 1 atom stereocenters. The third kappa shape index (κ3) is 4.02. The van der Waals surface area contributed by atoms with E-state index in [0.29, 0.717) is 29.8 Å². The van der Waals surface area contributed by atoms with Crippen LogP contribution in [-0.2, 0) is 27.3 Å². The lowest BCUT2D eigenvalue weighted by molar-refractivity contribution is -0.136. The Morgan fingerprint density at radius 3 is 2.74 bits per heavy atom. The summed E-state index contributed by atoms with van der Waals surface area (Å²) >= 11 is 0. The number of ether oxygens (including phenoxy) is 1. The molecule has 11 nitrogen and oxygen atoms in total. The van der Waals surface area contributed by atoms with Crippen molar-refractivity contribution in [1.29, 1.82) is 0 Å². The van der Waals surface area contributed by atoms with E-state index in [-0.39, 0.29) is 24.8 Å². The molecule has 1 saturated heterocycles. The standard InChI is InChI=1S/C23H26N6O5/c24-22(33)34-23(9-2-1-3-10-23)11-14-12-29(27-26-14)17-6-4-5-15-16(17)13-28(21(15)32)18-7-8-19(30)25-20(18)31/h4-6,12,18H,1-3,7-11,13H2,(H2,24,33)(H,25,30,31). The summed E-state index contributed by atoms with van der Waals surface area (Å²) in [7, 11) is 0. The quantitative estimate of drug-likeness (QED) is 0.632. The number of benzene rings is 1. The van der Waals surface area contributed by atoms with Crippen LogP contribution in [-0.4, -0.2) is 55.4 Å². The molecule has 0 spiro atoms. The van der Waals surface area contributed by atoms with Crippen molar-refractivity contribution in [2.45, 2.75) is 69.6 Å². The molecule has 1 aliphatic carbocycles. The molecular weight excluding hydrogens is 440 g/mol. The molecule has 11 heteroatoms. The summed E-state index contributed by atoms with van der Waals surface area (Å²) in [6, 6.07) is 4.64. The number of nitrogens with one attached hydrogen (secondary N) is 1. The molecule has 34 heavy (non-hydrogen) atoms. The summed E-state index contributed by atoms with van der Waals surface area (Å²) in [6.45, 7) is 0.237. The highest BCUT2D eigenvalue weighted by molar-refractivity contribution is 6.05. The summed E-state index contributed by atoms with van der Waals surface area (Å²) in [5.74, 6) is -1.02.